The Hall–Kier alpha value is 0.201. The molecule has 0 aliphatic carbocycles. The van der Waals surface area contributed by atoms with Crippen LogP contribution in [-0.2, 0) is 39.4 Å². The van der Waals surface area contributed by atoms with E-state index in [1.807, 2.05) is 0 Å². The van der Waals surface area contributed by atoms with Crippen LogP contribution in [-0.4, -0.2) is 140 Å². The first-order valence-electron chi connectivity index (χ1n) is 15.7. The molecule has 44 heavy (non-hydrogen) atoms. The molecule has 0 N–H and O–H groups in total. The molecule has 8 nitrogen and oxygen atoms in total. The molecule has 0 aromatic heterocycles. The Morgan fingerprint density at radius 1 is 0.659 bits per heavy atom. The Kier molecular flexibility index (Phi) is 22.6. The number of hydrogen-bond donors (Lipinski definition) is 0. The number of nitrogens with zero attached hydrogens (tertiary/aromatic N) is 2. The molecule has 0 bridgehead atoms. The maximum atomic E-state index is 5.65. The lowest BCUT2D eigenvalue weighted by Gasteiger charge is -2.36. The highest BCUT2D eigenvalue weighted by atomic mass is 28.3. The molecule has 1 aromatic carbocycles. The van der Waals surface area contributed by atoms with Crippen LogP contribution in [0.1, 0.15) is 29.5 Å². The van der Waals surface area contributed by atoms with Crippen LogP contribution in [0.25, 0.3) is 0 Å². The molecule has 0 heterocycles. The van der Waals surface area contributed by atoms with Crippen molar-refractivity contribution in [3.63, 3.8) is 0 Å². The number of hydrogen-bond acceptors (Lipinski definition) is 8. The Labute approximate surface area is 282 Å². The third-order valence-corrected chi connectivity index (χ3v) is 18.0. The van der Waals surface area contributed by atoms with E-state index in [9.17, 15) is 0 Å². The largest absolute Gasteiger partial charge is 0.397 e. The molecule has 14 heteroatoms. The van der Waals surface area contributed by atoms with Gasteiger partial charge in [0.25, 0.3) is 0 Å². The summed E-state index contributed by atoms with van der Waals surface area (Å²) in [6.07, 6.45) is 4.37. The Bertz CT molecular complexity index is 883. The first-order valence-corrected chi connectivity index (χ1v) is 26.6. The summed E-state index contributed by atoms with van der Waals surface area (Å²) in [6.45, 7) is 14.3. The average Bonchev–Trinajstić information content (AvgIpc) is 2.99. The van der Waals surface area contributed by atoms with Crippen molar-refractivity contribution in [2.45, 2.75) is 88.8 Å². The topological polar surface area (TPSA) is 61.9 Å². The molecule has 0 atom stereocenters. The maximum absolute atomic E-state index is 5.65. The van der Waals surface area contributed by atoms with Crippen molar-refractivity contribution in [1.82, 2.24) is 9.80 Å². The van der Waals surface area contributed by atoms with Crippen molar-refractivity contribution in [2.75, 3.05) is 69.8 Å². The summed E-state index contributed by atoms with van der Waals surface area (Å²) in [5.74, 6) is 0.405. The highest BCUT2D eigenvalue weighted by molar-refractivity contribution is 6.75. The van der Waals surface area contributed by atoms with Crippen LogP contribution >= 0.6 is 0 Å². The third-order valence-electron chi connectivity index (χ3n) is 7.99. The average molecular weight is 714 g/mol. The van der Waals surface area contributed by atoms with Crippen LogP contribution in [0.15, 0.2) is 6.07 Å². The molecule has 0 unspecified atom stereocenters. The molecule has 0 amide bonds. The molecule has 0 saturated heterocycles. The van der Waals surface area contributed by atoms with Gasteiger partial charge in [-0.15, -0.1) is 0 Å². The maximum Gasteiger partial charge on any atom is 0.384 e. The second-order valence-corrected chi connectivity index (χ2v) is 24.3. The van der Waals surface area contributed by atoms with E-state index in [1.165, 1.54) is 17.2 Å². The molecule has 0 aliphatic rings. The summed E-state index contributed by atoms with van der Waals surface area (Å²) in [5, 5.41) is 3.36. The predicted octanol–water partition coefficient (Wildman–Crippen LogP) is 3.40. The summed E-state index contributed by atoms with van der Waals surface area (Å²) >= 11 is 0. The summed E-state index contributed by atoms with van der Waals surface area (Å²) in [5.41, 5.74) is 4.70. The van der Waals surface area contributed by atoms with E-state index in [1.54, 1.807) is 58.6 Å². The predicted molar refractivity (Wildman–Crippen MR) is 195 cm³/mol. The van der Waals surface area contributed by atoms with Crippen LogP contribution in [0, 0.1) is 6.92 Å². The van der Waals surface area contributed by atoms with Crippen LogP contribution in [0.5, 0.6) is 0 Å². The zero-order valence-electron chi connectivity index (χ0n) is 30.1. The minimum Gasteiger partial charge on any atom is -0.397 e. The Morgan fingerprint density at radius 3 is 1.50 bits per heavy atom. The molecular formula is C30H61N2O6Si6. The van der Waals surface area contributed by atoms with Gasteiger partial charge in [0.05, 0.1) is 27.1 Å². The lowest BCUT2D eigenvalue weighted by atomic mass is 10.0. The summed E-state index contributed by atoms with van der Waals surface area (Å²) < 4.78 is 33.5. The monoisotopic (exact) mass is 713 g/mol. The normalized spacial score (nSPS) is 12.7. The first kappa shape index (κ1) is 42.2. The molecule has 1 aromatic rings. The molecule has 0 fully saturated rings. The fourth-order valence-corrected chi connectivity index (χ4v) is 14.2. The molecule has 0 spiro atoms. The minimum atomic E-state index is -1.21. The summed E-state index contributed by atoms with van der Waals surface area (Å²) in [4.78, 5) is 5.13. The van der Waals surface area contributed by atoms with E-state index in [0.29, 0.717) is 5.79 Å². The molecular weight excluding hydrogens is 653 g/mol. The van der Waals surface area contributed by atoms with Crippen molar-refractivity contribution < 1.29 is 26.6 Å². The molecule has 1 rings (SSSR count). The van der Waals surface area contributed by atoms with Crippen LogP contribution in [0.2, 0.25) is 50.4 Å². The van der Waals surface area contributed by atoms with E-state index in [2.05, 4.69) is 63.1 Å². The second kappa shape index (κ2) is 23.5. The zero-order chi connectivity index (χ0) is 33.2. The highest BCUT2D eigenvalue weighted by Gasteiger charge is 2.25. The van der Waals surface area contributed by atoms with Gasteiger partial charge in [-0.3, -0.25) is 9.80 Å². The van der Waals surface area contributed by atoms with Crippen molar-refractivity contribution in [3.05, 3.63) is 22.8 Å². The highest BCUT2D eigenvalue weighted by Crippen LogP contribution is 2.16. The van der Waals surface area contributed by atoms with E-state index < -0.39 is 45.4 Å². The standard InChI is InChI=1S/C30H61N2O6Si6/c1-25-24-26(17-23-44(37-8)38-9)29(41(12)13)27(28(25)40(10)11)16-20-39-30(31(2)18-14-21-42(33-4)34-5)32(3)19-15-22-43(35-6)36-7/h24,30H,14-23H2,1-13H3. The van der Waals surface area contributed by atoms with Gasteiger partial charge < -0.3 is 26.6 Å². The van der Waals surface area contributed by atoms with E-state index in [4.69, 9.17) is 26.6 Å². The van der Waals surface area contributed by atoms with Gasteiger partial charge in [0.2, 0.25) is 0 Å². The van der Waals surface area contributed by atoms with Gasteiger partial charge in [0, 0.05) is 48.4 Å². The zero-order valence-corrected chi connectivity index (χ0v) is 36.1. The summed E-state index contributed by atoms with van der Waals surface area (Å²) in [6, 6.07) is 6.69. The first-order chi connectivity index (χ1) is 21.0. The van der Waals surface area contributed by atoms with Gasteiger partial charge in [-0.1, -0.05) is 54.2 Å². The van der Waals surface area contributed by atoms with Gasteiger partial charge in [0.15, 0.2) is 0 Å². The molecule has 7 radical (unpaired) electrons. The van der Waals surface area contributed by atoms with Crippen molar-refractivity contribution in [2.24, 2.45) is 0 Å². The van der Waals surface area contributed by atoms with Gasteiger partial charge in [-0.2, -0.15) is 0 Å². The Balaban J connectivity index is 3.22. The molecule has 0 aliphatic heterocycles. The summed E-state index contributed by atoms with van der Waals surface area (Å²) in [7, 11) is 11.3. The number of benzene rings is 1. The van der Waals surface area contributed by atoms with E-state index >= 15 is 0 Å². The quantitative estimate of drug-likeness (QED) is 0.113. The van der Waals surface area contributed by atoms with Gasteiger partial charge in [0.1, 0.15) is 0 Å². The van der Waals surface area contributed by atoms with Crippen LogP contribution in [0.4, 0.5) is 0 Å². The van der Waals surface area contributed by atoms with Crippen LogP contribution < -0.4 is 10.4 Å². The van der Waals surface area contributed by atoms with Gasteiger partial charge >= 0.3 is 27.9 Å². The molecule has 0 saturated carbocycles. The van der Waals surface area contributed by atoms with Crippen molar-refractivity contribution in [3.8, 4) is 0 Å². The molecule has 251 valence electrons. The number of rotatable bonds is 25. The van der Waals surface area contributed by atoms with Crippen molar-refractivity contribution in [1.29, 1.82) is 0 Å². The fraction of sp³-hybridized carbons (Fsp3) is 0.800. The third kappa shape index (κ3) is 14.1. The van der Waals surface area contributed by atoms with Crippen molar-refractivity contribution >= 4 is 65.3 Å². The SMILES string of the molecule is CO[Si](CCCN(C)C([Si]CCc1c([Si](C)C)c(C)cc(CC[Si](OC)OC)c1[Si](C)C)N(C)CCC[Si](OC)OC)OC. The lowest BCUT2D eigenvalue weighted by molar-refractivity contribution is 0.142. The second-order valence-electron chi connectivity index (χ2n) is 11.7. The van der Waals surface area contributed by atoms with E-state index in [-0.39, 0.29) is 0 Å². The Morgan fingerprint density at radius 2 is 1.09 bits per heavy atom. The van der Waals surface area contributed by atoms with E-state index in [0.717, 1.165) is 66.4 Å². The lowest BCUT2D eigenvalue weighted by Crippen LogP contribution is -2.50. The van der Waals surface area contributed by atoms with Gasteiger partial charge in [-0.05, 0) is 89.1 Å². The van der Waals surface area contributed by atoms with Gasteiger partial charge in [-0.25, -0.2) is 0 Å². The minimum absolute atomic E-state index is 0.405. The fourth-order valence-electron chi connectivity index (χ4n) is 5.99. The smallest absolute Gasteiger partial charge is 0.384 e. The van der Waals surface area contributed by atoms with Crippen LogP contribution in [0.3, 0.4) is 0 Å². The number of aryl methyl sites for hydroxylation is 2.